The molecule has 0 aromatic heterocycles. The van der Waals surface area contributed by atoms with Gasteiger partial charge in [0, 0.05) is 10.5 Å². The van der Waals surface area contributed by atoms with Crippen molar-refractivity contribution < 1.29 is 9.13 Å². The average Bonchev–Trinajstić information content (AvgIpc) is 2.38. The lowest BCUT2D eigenvalue weighted by Crippen LogP contribution is -2.27. The molecule has 106 valence electrons. The van der Waals surface area contributed by atoms with Gasteiger partial charge in [0.15, 0.2) is 0 Å². The molecular weight excluding hydrogens is 321 g/mol. The summed E-state index contributed by atoms with van der Waals surface area (Å²) in [7, 11) is 0. The van der Waals surface area contributed by atoms with Crippen LogP contribution >= 0.6 is 15.9 Å². The Morgan fingerprint density at radius 3 is 2.60 bits per heavy atom. The maximum absolute atomic E-state index is 13.3. The molecule has 20 heavy (non-hydrogen) atoms. The molecule has 2 rings (SSSR count). The maximum atomic E-state index is 13.3. The second kappa shape index (κ2) is 6.97. The highest BCUT2D eigenvalue weighted by atomic mass is 79.9. The Balaban J connectivity index is 2.10. The number of halogens is 2. The molecule has 0 spiro atoms. The first-order valence-corrected chi connectivity index (χ1v) is 7.22. The van der Waals surface area contributed by atoms with Crippen LogP contribution in [0.1, 0.15) is 24.2 Å². The zero-order valence-corrected chi connectivity index (χ0v) is 12.8. The van der Waals surface area contributed by atoms with E-state index in [0.717, 1.165) is 15.6 Å². The molecule has 2 unspecified atom stereocenters. The van der Waals surface area contributed by atoms with Gasteiger partial charge in [-0.1, -0.05) is 40.2 Å². The molecule has 0 heterocycles. The quantitative estimate of drug-likeness (QED) is 0.887. The molecule has 0 bridgehead atoms. The molecule has 0 amide bonds. The van der Waals surface area contributed by atoms with Crippen LogP contribution in [0.4, 0.5) is 4.39 Å². The average molecular weight is 338 g/mol. The Morgan fingerprint density at radius 1 is 1.20 bits per heavy atom. The summed E-state index contributed by atoms with van der Waals surface area (Å²) in [5.74, 6) is -0.279. The van der Waals surface area contributed by atoms with Gasteiger partial charge in [-0.2, -0.15) is 0 Å². The van der Waals surface area contributed by atoms with Crippen LogP contribution in [0, 0.1) is 5.82 Å². The van der Waals surface area contributed by atoms with Crippen molar-refractivity contribution in [3.63, 3.8) is 0 Å². The molecule has 2 N–H and O–H groups in total. The minimum absolute atomic E-state index is 0.219. The van der Waals surface area contributed by atoms with E-state index in [0.29, 0.717) is 6.61 Å². The first-order chi connectivity index (χ1) is 9.56. The van der Waals surface area contributed by atoms with Crippen molar-refractivity contribution in [3.05, 3.63) is 69.9 Å². The molecular formula is C16H17BrFNO. The van der Waals surface area contributed by atoms with Crippen LogP contribution in [0.25, 0.3) is 0 Å². The largest absolute Gasteiger partial charge is 0.367 e. The summed E-state index contributed by atoms with van der Waals surface area (Å²) in [5.41, 5.74) is 7.76. The summed E-state index contributed by atoms with van der Waals surface area (Å²) in [5, 5.41) is 0. The molecule has 0 aliphatic carbocycles. The van der Waals surface area contributed by atoms with E-state index in [1.54, 1.807) is 6.07 Å². The predicted molar refractivity (Wildman–Crippen MR) is 81.7 cm³/mol. The summed E-state index contributed by atoms with van der Waals surface area (Å²) in [6.45, 7) is 2.29. The smallest absolute Gasteiger partial charge is 0.123 e. The highest BCUT2D eigenvalue weighted by Gasteiger charge is 2.17. The van der Waals surface area contributed by atoms with Crippen LogP contribution < -0.4 is 5.73 Å². The summed E-state index contributed by atoms with van der Waals surface area (Å²) < 4.78 is 20.2. The molecule has 0 saturated heterocycles. The second-order valence-corrected chi connectivity index (χ2v) is 5.69. The minimum atomic E-state index is -0.329. The summed E-state index contributed by atoms with van der Waals surface area (Å²) in [6, 6.07) is 14.0. The van der Waals surface area contributed by atoms with Crippen LogP contribution in [0.15, 0.2) is 53.0 Å². The maximum Gasteiger partial charge on any atom is 0.123 e. The monoisotopic (exact) mass is 337 g/mol. The van der Waals surface area contributed by atoms with Crippen LogP contribution in [-0.2, 0) is 11.3 Å². The third-order valence-electron chi connectivity index (χ3n) is 2.97. The van der Waals surface area contributed by atoms with Crippen molar-refractivity contribution in [2.24, 2.45) is 5.73 Å². The molecule has 0 fully saturated rings. The highest BCUT2D eigenvalue weighted by Crippen LogP contribution is 2.23. The van der Waals surface area contributed by atoms with Gasteiger partial charge < -0.3 is 10.5 Å². The van der Waals surface area contributed by atoms with Gasteiger partial charge in [0.05, 0.1) is 12.7 Å². The van der Waals surface area contributed by atoms with Crippen molar-refractivity contribution in [3.8, 4) is 0 Å². The lowest BCUT2D eigenvalue weighted by molar-refractivity contribution is 0.0257. The van der Waals surface area contributed by atoms with Gasteiger partial charge in [-0.15, -0.1) is 0 Å². The molecule has 2 nitrogen and oxygen atoms in total. The SMILES string of the molecule is CC(N)C(OCc1cccc(Br)c1)c1cccc(F)c1. The fraction of sp³-hybridized carbons (Fsp3) is 0.250. The van der Waals surface area contributed by atoms with Gasteiger partial charge >= 0.3 is 0 Å². The Bertz CT molecular complexity index is 574. The van der Waals surface area contributed by atoms with E-state index in [1.807, 2.05) is 37.3 Å². The topological polar surface area (TPSA) is 35.2 Å². The molecule has 4 heteroatoms. The molecule has 2 aromatic rings. The zero-order valence-electron chi connectivity index (χ0n) is 11.2. The molecule has 0 aliphatic heterocycles. The standard InChI is InChI=1S/C16H17BrFNO/c1-11(19)16(13-5-3-7-15(18)9-13)20-10-12-4-2-6-14(17)8-12/h2-9,11,16H,10,19H2,1H3. The summed E-state index contributed by atoms with van der Waals surface area (Å²) >= 11 is 3.42. The molecule has 0 radical (unpaired) electrons. The van der Waals surface area contributed by atoms with Gasteiger partial charge in [0.2, 0.25) is 0 Å². The summed E-state index contributed by atoms with van der Waals surface area (Å²) in [4.78, 5) is 0. The van der Waals surface area contributed by atoms with Crippen LogP contribution in [0.3, 0.4) is 0 Å². The van der Waals surface area contributed by atoms with Crippen LogP contribution in [0.2, 0.25) is 0 Å². The highest BCUT2D eigenvalue weighted by molar-refractivity contribution is 9.10. The molecule has 2 atom stereocenters. The number of benzene rings is 2. The third-order valence-corrected chi connectivity index (χ3v) is 3.47. The Morgan fingerprint density at radius 2 is 1.95 bits per heavy atom. The normalized spacial score (nSPS) is 14.0. The van der Waals surface area contributed by atoms with Gasteiger partial charge in [0.25, 0.3) is 0 Å². The molecule has 0 aliphatic rings. The van der Waals surface area contributed by atoms with Crippen molar-refractivity contribution in [2.45, 2.75) is 25.7 Å². The lowest BCUT2D eigenvalue weighted by Gasteiger charge is -2.22. The van der Waals surface area contributed by atoms with Gasteiger partial charge in [-0.25, -0.2) is 4.39 Å². The molecule has 0 saturated carbocycles. The van der Waals surface area contributed by atoms with Crippen LogP contribution in [-0.4, -0.2) is 6.04 Å². The number of rotatable bonds is 5. The molecule has 2 aromatic carbocycles. The minimum Gasteiger partial charge on any atom is -0.367 e. The van der Waals surface area contributed by atoms with Crippen LogP contribution in [0.5, 0.6) is 0 Å². The zero-order chi connectivity index (χ0) is 14.5. The number of hydrogen-bond donors (Lipinski definition) is 1. The third kappa shape index (κ3) is 4.13. The second-order valence-electron chi connectivity index (χ2n) is 4.78. The number of hydrogen-bond acceptors (Lipinski definition) is 2. The number of ether oxygens (including phenoxy) is 1. The van der Waals surface area contributed by atoms with Gasteiger partial charge in [-0.3, -0.25) is 0 Å². The Kier molecular flexibility index (Phi) is 5.29. The number of nitrogens with two attached hydrogens (primary N) is 1. The van der Waals surface area contributed by atoms with E-state index in [2.05, 4.69) is 15.9 Å². The van der Waals surface area contributed by atoms with E-state index < -0.39 is 0 Å². The van der Waals surface area contributed by atoms with Gasteiger partial charge in [-0.05, 0) is 42.3 Å². The Labute approximate surface area is 126 Å². The van der Waals surface area contributed by atoms with E-state index >= 15 is 0 Å². The van der Waals surface area contributed by atoms with E-state index in [1.165, 1.54) is 12.1 Å². The van der Waals surface area contributed by atoms with Crippen molar-refractivity contribution in [1.29, 1.82) is 0 Å². The fourth-order valence-electron chi connectivity index (χ4n) is 2.05. The van der Waals surface area contributed by atoms with E-state index in [9.17, 15) is 4.39 Å². The lowest BCUT2D eigenvalue weighted by atomic mass is 10.0. The Hall–Kier alpha value is -1.23. The van der Waals surface area contributed by atoms with E-state index in [4.69, 9.17) is 10.5 Å². The van der Waals surface area contributed by atoms with Crippen molar-refractivity contribution >= 4 is 15.9 Å². The predicted octanol–water partition coefficient (Wildman–Crippen LogP) is 4.19. The van der Waals surface area contributed by atoms with Crippen molar-refractivity contribution in [1.82, 2.24) is 0 Å². The fourth-order valence-corrected chi connectivity index (χ4v) is 2.49. The van der Waals surface area contributed by atoms with E-state index in [-0.39, 0.29) is 18.0 Å². The first kappa shape index (κ1) is 15.2. The summed E-state index contributed by atoms with van der Waals surface area (Å²) in [6.07, 6.45) is -0.329. The van der Waals surface area contributed by atoms with Gasteiger partial charge in [0.1, 0.15) is 5.82 Å². The van der Waals surface area contributed by atoms with Crippen molar-refractivity contribution in [2.75, 3.05) is 0 Å². The first-order valence-electron chi connectivity index (χ1n) is 6.43.